The van der Waals surface area contributed by atoms with Gasteiger partial charge in [0.25, 0.3) is 0 Å². The second-order valence-corrected chi connectivity index (χ2v) is 5.94. The van der Waals surface area contributed by atoms with E-state index in [0.717, 1.165) is 6.42 Å². The van der Waals surface area contributed by atoms with Crippen LogP contribution in [0.1, 0.15) is 28.4 Å². The number of aryl methyl sites for hydroxylation is 1. The third kappa shape index (κ3) is 3.37. The van der Waals surface area contributed by atoms with Crippen molar-refractivity contribution in [1.82, 2.24) is 0 Å². The average molecular weight is 342 g/mol. The fraction of sp³-hybridized carbons (Fsp3) is 0.250. The first kappa shape index (κ1) is 14.5. The first-order valence-electron chi connectivity index (χ1n) is 6.28. The Hall–Kier alpha value is -0.860. The zero-order valence-corrected chi connectivity index (χ0v) is 13.0. The van der Waals surface area contributed by atoms with Crippen molar-refractivity contribution in [2.24, 2.45) is 0 Å². The Morgan fingerprint density at radius 1 is 1.16 bits per heavy atom. The van der Waals surface area contributed by atoms with E-state index in [-0.39, 0.29) is 10.6 Å². The van der Waals surface area contributed by atoms with Crippen LogP contribution in [0.4, 0.5) is 4.39 Å². The third-order valence-corrected chi connectivity index (χ3v) is 4.39. The maximum atomic E-state index is 13.8. The molecule has 2 aromatic carbocycles. The van der Waals surface area contributed by atoms with Gasteiger partial charge in [-0.1, -0.05) is 64.8 Å². The van der Waals surface area contributed by atoms with Crippen molar-refractivity contribution in [3.63, 3.8) is 0 Å². The molecular formula is C16H15BrClF. The summed E-state index contributed by atoms with van der Waals surface area (Å²) in [4.78, 5) is 0.0676. The summed E-state index contributed by atoms with van der Waals surface area (Å²) >= 11 is 9.73. The maximum absolute atomic E-state index is 13.8. The molecule has 0 aliphatic carbocycles. The van der Waals surface area contributed by atoms with E-state index in [1.165, 1.54) is 17.2 Å². The molecule has 0 aliphatic rings. The molecule has 0 amide bonds. The summed E-state index contributed by atoms with van der Waals surface area (Å²) in [6.45, 7) is 2.12. The van der Waals surface area contributed by atoms with Crippen LogP contribution in [0.3, 0.4) is 0 Å². The molecule has 100 valence electrons. The Morgan fingerprint density at radius 2 is 1.89 bits per heavy atom. The fourth-order valence-corrected chi connectivity index (χ4v) is 3.19. The summed E-state index contributed by atoms with van der Waals surface area (Å²) in [5, 5.41) is 0.485. The quantitative estimate of drug-likeness (QED) is 0.624. The molecule has 1 atom stereocenters. The molecule has 0 aliphatic heterocycles. The summed E-state index contributed by atoms with van der Waals surface area (Å²) in [5.41, 5.74) is 3.04. The average Bonchev–Trinajstić information content (AvgIpc) is 2.42. The first-order valence-corrected chi connectivity index (χ1v) is 7.57. The van der Waals surface area contributed by atoms with Gasteiger partial charge in [0.2, 0.25) is 0 Å². The summed E-state index contributed by atoms with van der Waals surface area (Å²) in [7, 11) is 0. The molecule has 19 heavy (non-hydrogen) atoms. The van der Waals surface area contributed by atoms with Crippen molar-refractivity contribution in [2.75, 3.05) is 0 Å². The smallest absolute Gasteiger partial charge is 0.127 e. The Bertz CT molecular complexity index is 548. The zero-order chi connectivity index (χ0) is 13.8. The van der Waals surface area contributed by atoms with Gasteiger partial charge in [0, 0.05) is 15.4 Å². The monoisotopic (exact) mass is 340 g/mol. The SMILES string of the molecule is CCc1ccccc1C(Br)Cc1c(F)cccc1Cl. The highest BCUT2D eigenvalue weighted by molar-refractivity contribution is 9.09. The number of halogens is 3. The van der Waals surface area contributed by atoms with Gasteiger partial charge in [-0.25, -0.2) is 4.39 Å². The molecule has 3 heteroatoms. The van der Waals surface area contributed by atoms with Crippen molar-refractivity contribution in [3.05, 3.63) is 70.0 Å². The van der Waals surface area contributed by atoms with E-state index in [4.69, 9.17) is 11.6 Å². The van der Waals surface area contributed by atoms with Crippen molar-refractivity contribution in [2.45, 2.75) is 24.6 Å². The van der Waals surface area contributed by atoms with Crippen LogP contribution in [0.25, 0.3) is 0 Å². The first-order chi connectivity index (χ1) is 9.13. The second kappa shape index (κ2) is 6.53. The molecule has 0 fully saturated rings. The topological polar surface area (TPSA) is 0 Å². The number of hydrogen-bond acceptors (Lipinski definition) is 0. The van der Waals surface area contributed by atoms with Gasteiger partial charge in [-0.2, -0.15) is 0 Å². The largest absolute Gasteiger partial charge is 0.207 e. The predicted octanol–water partition coefficient (Wildman–Crippen LogP) is 5.72. The molecule has 0 bridgehead atoms. The molecule has 0 N–H and O–H groups in total. The number of rotatable bonds is 4. The summed E-state index contributed by atoms with van der Waals surface area (Å²) in [6, 6.07) is 13.0. The summed E-state index contributed by atoms with van der Waals surface area (Å²) < 4.78 is 13.8. The fourth-order valence-electron chi connectivity index (χ4n) is 2.18. The van der Waals surface area contributed by atoms with Crippen molar-refractivity contribution in [1.29, 1.82) is 0 Å². The Kier molecular flexibility index (Phi) is 5.00. The minimum atomic E-state index is -0.245. The van der Waals surface area contributed by atoms with Crippen LogP contribution in [0.2, 0.25) is 5.02 Å². The molecule has 2 rings (SSSR count). The van der Waals surface area contributed by atoms with Gasteiger partial charge in [-0.3, -0.25) is 0 Å². The van der Waals surface area contributed by atoms with E-state index in [1.54, 1.807) is 12.1 Å². The van der Waals surface area contributed by atoms with Gasteiger partial charge in [0.1, 0.15) is 5.82 Å². The molecule has 0 heterocycles. The molecule has 0 spiro atoms. The van der Waals surface area contributed by atoms with Gasteiger partial charge in [-0.15, -0.1) is 0 Å². The van der Waals surface area contributed by atoms with Crippen LogP contribution in [0.15, 0.2) is 42.5 Å². The number of alkyl halides is 1. The van der Waals surface area contributed by atoms with Crippen LogP contribution in [-0.2, 0) is 12.8 Å². The third-order valence-electron chi connectivity index (χ3n) is 3.22. The minimum absolute atomic E-state index is 0.0676. The molecule has 0 radical (unpaired) electrons. The van der Waals surface area contributed by atoms with E-state index in [2.05, 4.69) is 35.0 Å². The molecular weight excluding hydrogens is 327 g/mol. The van der Waals surface area contributed by atoms with Gasteiger partial charge in [0.05, 0.1) is 0 Å². The highest BCUT2D eigenvalue weighted by Crippen LogP contribution is 2.33. The Labute approximate surface area is 126 Å². The highest BCUT2D eigenvalue weighted by Gasteiger charge is 2.16. The van der Waals surface area contributed by atoms with Crippen molar-refractivity contribution >= 4 is 27.5 Å². The second-order valence-electron chi connectivity index (χ2n) is 4.42. The van der Waals surface area contributed by atoms with E-state index in [1.807, 2.05) is 12.1 Å². The Balaban J connectivity index is 2.28. The molecule has 0 saturated carbocycles. The lowest BCUT2D eigenvalue weighted by molar-refractivity contribution is 0.608. The standard InChI is InChI=1S/C16H15BrClF/c1-2-11-6-3-4-7-12(11)14(17)10-13-15(18)8-5-9-16(13)19/h3-9,14H,2,10H2,1H3. The van der Waals surface area contributed by atoms with Crippen LogP contribution in [0.5, 0.6) is 0 Å². The van der Waals surface area contributed by atoms with Crippen LogP contribution in [-0.4, -0.2) is 0 Å². The summed E-state index contributed by atoms with van der Waals surface area (Å²) in [5.74, 6) is -0.245. The lowest BCUT2D eigenvalue weighted by Crippen LogP contribution is -2.02. The van der Waals surface area contributed by atoms with Crippen LogP contribution >= 0.6 is 27.5 Å². The lowest BCUT2D eigenvalue weighted by Gasteiger charge is -2.15. The normalized spacial score (nSPS) is 12.4. The molecule has 1 unspecified atom stereocenters. The van der Waals surface area contributed by atoms with Crippen LogP contribution < -0.4 is 0 Å². The molecule has 2 aromatic rings. The summed E-state index contributed by atoms with van der Waals surface area (Å²) in [6.07, 6.45) is 1.51. The lowest BCUT2D eigenvalue weighted by atomic mass is 9.98. The highest BCUT2D eigenvalue weighted by atomic mass is 79.9. The van der Waals surface area contributed by atoms with Gasteiger partial charge >= 0.3 is 0 Å². The van der Waals surface area contributed by atoms with Gasteiger partial charge in [-0.05, 0) is 36.1 Å². The Morgan fingerprint density at radius 3 is 2.58 bits per heavy atom. The van der Waals surface area contributed by atoms with Crippen molar-refractivity contribution < 1.29 is 4.39 Å². The van der Waals surface area contributed by atoms with Crippen molar-refractivity contribution in [3.8, 4) is 0 Å². The van der Waals surface area contributed by atoms with E-state index in [0.29, 0.717) is 17.0 Å². The van der Waals surface area contributed by atoms with Gasteiger partial charge in [0.15, 0.2) is 0 Å². The van der Waals surface area contributed by atoms with Crippen LogP contribution in [0, 0.1) is 5.82 Å². The number of hydrogen-bond donors (Lipinski definition) is 0. The van der Waals surface area contributed by atoms with E-state index in [9.17, 15) is 4.39 Å². The maximum Gasteiger partial charge on any atom is 0.127 e. The predicted molar refractivity (Wildman–Crippen MR) is 82.6 cm³/mol. The molecule has 0 aromatic heterocycles. The molecule has 0 nitrogen and oxygen atoms in total. The van der Waals surface area contributed by atoms with E-state index < -0.39 is 0 Å². The van der Waals surface area contributed by atoms with E-state index >= 15 is 0 Å². The van der Waals surface area contributed by atoms with Gasteiger partial charge < -0.3 is 0 Å². The zero-order valence-electron chi connectivity index (χ0n) is 10.7. The number of benzene rings is 2. The minimum Gasteiger partial charge on any atom is -0.207 e. The molecule has 0 saturated heterocycles.